The van der Waals surface area contributed by atoms with Gasteiger partial charge in [-0.3, -0.25) is 0 Å². The molecule has 0 aliphatic heterocycles. The summed E-state index contributed by atoms with van der Waals surface area (Å²) in [5, 5.41) is 7.28. The van der Waals surface area contributed by atoms with E-state index in [-0.39, 0.29) is 0 Å². The number of benzene rings is 13. The van der Waals surface area contributed by atoms with Gasteiger partial charge in [-0.25, -0.2) is 0 Å². The minimum Gasteiger partial charge on any atom is -0.309 e. The summed E-state index contributed by atoms with van der Waals surface area (Å²) in [7, 11) is 0. The second kappa shape index (κ2) is 17.9. The maximum atomic E-state index is 2.60. The summed E-state index contributed by atoms with van der Waals surface area (Å²) in [6, 6.07) is 110. The largest absolute Gasteiger partial charge is 0.309 e. The van der Waals surface area contributed by atoms with Crippen molar-refractivity contribution in [2.75, 3.05) is 4.90 Å². The van der Waals surface area contributed by atoms with Gasteiger partial charge in [0.25, 0.3) is 0 Å². The Balaban J connectivity index is 1.04. The predicted octanol–water partition coefficient (Wildman–Crippen LogP) is 19.6. The van der Waals surface area contributed by atoms with Crippen LogP contribution in [0.3, 0.4) is 0 Å². The van der Waals surface area contributed by atoms with Crippen molar-refractivity contribution in [1.82, 2.24) is 0 Å². The Morgan fingerprint density at radius 2 is 0.676 bits per heavy atom. The molecule has 0 saturated heterocycles. The number of anilines is 3. The van der Waals surface area contributed by atoms with Crippen LogP contribution < -0.4 is 4.90 Å². The van der Waals surface area contributed by atoms with E-state index >= 15 is 0 Å². The van der Waals surface area contributed by atoms with Crippen LogP contribution in [0.5, 0.6) is 0 Å². The van der Waals surface area contributed by atoms with E-state index in [9.17, 15) is 0 Å². The third-order valence-electron chi connectivity index (χ3n) is 15.6. The van der Waals surface area contributed by atoms with Gasteiger partial charge in [-0.2, -0.15) is 0 Å². The van der Waals surface area contributed by atoms with Crippen LogP contribution in [-0.2, 0) is 5.41 Å². The van der Waals surface area contributed by atoms with Gasteiger partial charge in [0, 0.05) is 22.2 Å². The number of nitrogens with zero attached hydrogens (tertiary/aromatic N) is 1. The Morgan fingerprint density at radius 1 is 0.243 bits per heavy atom. The smallest absolute Gasteiger partial charge is 0.0714 e. The minimum absolute atomic E-state index is 0.572. The van der Waals surface area contributed by atoms with Crippen molar-refractivity contribution in [3.63, 3.8) is 0 Å². The van der Waals surface area contributed by atoms with E-state index in [1.165, 1.54) is 105 Å². The molecule has 1 nitrogen and oxygen atoms in total. The first-order valence-corrected chi connectivity index (χ1v) is 25.7. The standard InChI is InChI=1S/C73H49N/c1-4-22-52(23-5-1)58-30-12-13-31-59(58)54-44-42-50(43-45-54)51-46-48-57(49-47-51)74(72-65-36-17-15-34-62(65)61-33-14-16-35-64(61)70(72)63-38-20-25-53-24-10-11-32-60(53)63)69-41-21-40-68-71(69)66-37-18-19-39-67(66)73(68,55-26-6-2-7-27-55)56-28-8-3-9-29-56/h1-49H. The number of rotatable bonds is 9. The highest BCUT2D eigenvalue weighted by Crippen LogP contribution is 2.61. The van der Waals surface area contributed by atoms with Gasteiger partial charge in [-0.1, -0.05) is 279 Å². The maximum Gasteiger partial charge on any atom is 0.0714 e. The molecule has 346 valence electrons. The van der Waals surface area contributed by atoms with Gasteiger partial charge in [0.15, 0.2) is 0 Å². The third-order valence-corrected chi connectivity index (χ3v) is 15.6. The van der Waals surface area contributed by atoms with Crippen molar-refractivity contribution in [1.29, 1.82) is 0 Å². The van der Waals surface area contributed by atoms with Crippen LogP contribution in [0.25, 0.3) is 88.0 Å². The lowest BCUT2D eigenvalue weighted by Crippen LogP contribution is -2.28. The Kier molecular flexibility index (Phi) is 10.5. The highest BCUT2D eigenvalue weighted by molar-refractivity contribution is 6.24. The Morgan fingerprint density at radius 3 is 1.34 bits per heavy atom. The lowest BCUT2D eigenvalue weighted by atomic mass is 9.68. The molecule has 0 unspecified atom stereocenters. The zero-order valence-electron chi connectivity index (χ0n) is 40.7. The van der Waals surface area contributed by atoms with Crippen LogP contribution in [-0.4, -0.2) is 0 Å². The third kappa shape index (κ3) is 6.85. The van der Waals surface area contributed by atoms with Crippen LogP contribution in [0, 0.1) is 0 Å². The molecule has 0 amide bonds. The second-order valence-electron chi connectivity index (χ2n) is 19.4. The van der Waals surface area contributed by atoms with E-state index in [2.05, 4.69) is 302 Å². The van der Waals surface area contributed by atoms with Crippen LogP contribution in [0.1, 0.15) is 22.3 Å². The van der Waals surface area contributed by atoms with Crippen molar-refractivity contribution in [2.45, 2.75) is 5.41 Å². The summed E-state index contributed by atoms with van der Waals surface area (Å²) in [6.45, 7) is 0. The van der Waals surface area contributed by atoms with Crippen molar-refractivity contribution in [2.24, 2.45) is 0 Å². The Bertz CT molecular complexity index is 4170. The zero-order chi connectivity index (χ0) is 49.0. The molecule has 1 aliphatic carbocycles. The molecule has 13 aromatic rings. The summed E-state index contributed by atoms with van der Waals surface area (Å²) >= 11 is 0. The van der Waals surface area contributed by atoms with Gasteiger partial charge < -0.3 is 4.90 Å². The van der Waals surface area contributed by atoms with E-state index in [1.54, 1.807) is 0 Å². The van der Waals surface area contributed by atoms with Crippen LogP contribution in [0.15, 0.2) is 297 Å². The molecule has 1 aliphatic rings. The topological polar surface area (TPSA) is 3.24 Å². The molecule has 1 heteroatoms. The summed E-state index contributed by atoms with van der Waals surface area (Å²) < 4.78 is 0. The van der Waals surface area contributed by atoms with E-state index in [1.807, 2.05) is 0 Å². The molecule has 0 radical (unpaired) electrons. The fourth-order valence-corrected chi connectivity index (χ4v) is 12.4. The highest BCUT2D eigenvalue weighted by atomic mass is 15.2. The van der Waals surface area contributed by atoms with Gasteiger partial charge in [-0.05, 0) is 112 Å². The van der Waals surface area contributed by atoms with Gasteiger partial charge in [-0.15, -0.1) is 0 Å². The second-order valence-corrected chi connectivity index (χ2v) is 19.4. The molecule has 14 rings (SSSR count). The molecule has 74 heavy (non-hydrogen) atoms. The maximum absolute atomic E-state index is 2.60. The molecule has 0 heterocycles. The fourth-order valence-electron chi connectivity index (χ4n) is 12.4. The molecular weight excluding hydrogens is 891 g/mol. The van der Waals surface area contributed by atoms with E-state index in [4.69, 9.17) is 0 Å². The van der Waals surface area contributed by atoms with Crippen molar-refractivity contribution in [3.8, 4) is 55.6 Å². The van der Waals surface area contributed by atoms with Crippen molar-refractivity contribution >= 4 is 49.4 Å². The summed E-state index contributed by atoms with van der Waals surface area (Å²) in [5.74, 6) is 0. The first-order chi connectivity index (χ1) is 36.8. The number of fused-ring (bicyclic) bond motifs is 7. The average molecular weight is 940 g/mol. The van der Waals surface area contributed by atoms with Crippen LogP contribution >= 0.6 is 0 Å². The minimum atomic E-state index is -0.572. The summed E-state index contributed by atoms with van der Waals surface area (Å²) in [4.78, 5) is 2.60. The molecule has 0 spiro atoms. The first kappa shape index (κ1) is 43.2. The van der Waals surface area contributed by atoms with E-state index in [0.717, 1.165) is 22.6 Å². The fraction of sp³-hybridized carbons (Fsp3) is 0.0137. The highest BCUT2D eigenvalue weighted by Gasteiger charge is 2.47. The Labute approximate surface area is 432 Å². The normalized spacial score (nSPS) is 12.4. The van der Waals surface area contributed by atoms with Gasteiger partial charge in [0.2, 0.25) is 0 Å². The molecule has 0 atom stereocenters. The molecular formula is C73H49N. The van der Waals surface area contributed by atoms with Gasteiger partial charge in [0.05, 0.1) is 16.8 Å². The molecule has 0 N–H and O–H groups in total. The quantitative estimate of drug-likeness (QED) is 0.130. The zero-order valence-corrected chi connectivity index (χ0v) is 40.7. The lowest BCUT2D eigenvalue weighted by Gasteiger charge is -2.35. The number of hydrogen-bond donors (Lipinski definition) is 0. The monoisotopic (exact) mass is 939 g/mol. The van der Waals surface area contributed by atoms with Gasteiger partial charge in [0.1, 0.15) is 0 Å². The van der Waals surface area contributed by atoms with Crippen molar-refractivity contribution in [3.05, 3.63) is 320 Å². The van der Waals surface area contributed by atoms with Crippen LogP contribution in [0.2, 0.25) is 0 Å². The van der Waals surface area contributed by atoms with Crippen molar-refractivity contribution < 1.29 is 0 Å². The van der Waals surface area contributed by atoms with E-state index < -0.39 is 5.41 Å². The SMILES string of the molecule is c1ccc(-c2ccccc2-c2ccc(-c3ccc(N(c4cccc5c4-c4ccccc4C5(c4ccccc4)c4ccccc4)c4c(-c5cccc6ccccc56)c5ccccc5c5ccccc45)cc3)cc2)cc1. The number of hydrogen-bond acceptors (Lipinski definition) is 1. The molecule has 13 aromatic carbocycles. The van der Waals surface area contributed by atoms with Gasteiger partial charge >= 0.3 is 0 Å². The molecule has 0 fully saturated rings. The first-order valence-electron chi connectivity index (χ1n) is 25.7. The lowest BCUT2D eigenvalue weighted by molar-refractivity contribution is 0.768. The van der Waals surface area contributed by atoms with Crippen LogP contribution in [0.4, 0.5) is 17.1 Å². The summed E-state index contributed by atoms with van der Waals surface area (Å²) in [6.07, 6.45) is 0. The van der Waals surface area contributed by atoms with E-state index in [0.29, 0.717) is 0 Å². The Hall–Kier alpha value is -9.56. The molecule has 0 saturated carbocycles. The predicted molar refractivity (Wildman–Crippen MR) is 313 cm³/mol. The molecule has 0 aromatic heterocycles. The molecule has 0 bridgehead atoms. The average Bonchev–Trinajstić information content (AvgIpc) is 3.82. The summed E-state index contributed by atoms with van der Waals surface area (Å²) in [5.41, 5.74) is 19.9.